The maximum atomic E-state index is 5.58. The summed E-state index contributed by atoms with van der Waals surface area (Å²) in [4.78, 5) is 2.42. The standard InChI is InChI=1S/C8H19N3.C2H6/c9-3-6-11-4-1-8(7-10)2-5-11;1-2/h8H,1-7,9-10H2;1-2H3. The van der Waals surface area contributed by atoms with E-state index in [0.29, 0.717) is 0 Å². The Morgan fingerprint density at radius 1 is 1.15 bits per heavy atom. The average molecular weight is 187 g/mol. The van der Waals surface area contributed by atoms with Crippen LogP contribution in [0.4, 0.5) is 0 Å². The smallest absolute Gasteiger partial charge is 0.0105 e. The van der Waals surface area contributed by atoms with E-state index in [1.165, 1.54) is 25.9 Å². The van der Waals surface area contributed by atoms with Gasteiger partial charge in [-0.1, -0.05) is 13.8 Å². The number of nitrogens with zero attached hydrogens (tertiary/aromatic N) is 1. The molecular weight excluding hydrogens is 162 g/mol. The van der Waals surface area contributed by atoms with Gasteiger partial charge in [-0.15, -0.1) is 0 Å². The Hall–Kier alpha value is -0.120. The summed E-state index contributed by atoms with van der Waals surface area (Å²) in [6.07, 6.45) is 2.52. The maximum absolute atomic E-state index is 5.58. The summed E-state index contributed by atoms with van der Waals surface area (Å²) in [5.74, 6) is 0.768. The highest BCUT2D eigenvalue weighted by Gasteiger charge is 2.16. The van der Waals surface area contributed by atoms with E-state index in [1.54, 1.807) is 0 Å². The van der Waals surface area contributed by atoms with Gasteiger partial charge in [0.1, 0.15) is 0 Å². The zero-order valence-electron chi connectivity index (χ0n) is 9.13. The third kappa shape index (κ3) is 5.24. The van der Waals surface area contributed by atoms with E-state index in [1.807, 2.05) is 13.8 Å². The lowest BCUT2D eigenvalue weighted by Crippen LogP contribution is -2.38. The van der Waals surface area contributed by atoms with Crippen LogP contribution in [0.25, 0.3) is 0 Å². The lowest BCUT2D eigenvalue weighted by molar-refractivity contribution is 0.192. The summed E-state index contributed by atoms with van der Waals surface area (Å²) in [5, 5.41) is 0. The molecule has 1 fully saturated rings. The zero-order chi connectivity index (χ0) is 10.1. The molecule has 1 saturated heterocycles. The van der Waals surface area contributed by atoms with Gasteiger partial charge in [-0.25, -0.2) is 0 Å². The van der Waals surface area contributed by atoms with Gasteiger partial charge in [0, 0.05) is 13.1 Å². The first-order chi connectivity index (χ1) is 6.36. The Bertz CT molecular complexity index is 98.3. The number of likely N-dealkylation sites (tertiary alicyclic amines) is 1. The molecule has 1 aliphatic heterocycles. The highest BCUT2D eigenvalue weighted by Crippen LogP contribution is 2.14. The van der Waals surface area contributed by atoms with Crippen molar-refractivity contribution in [3.05, 3.63) is 0 Å². The fourth-order valence-electron chi connectivity index (χ4n) is 1.63. The number of piperidine rings is 1. The van der Waals surface area contributed by atoms with Crippen molar-refractivity contribution in [2.45, 2.75) is 26.7 Å². The van der Waals surface area contributed by atoms with Crippen LogP contribution in [0.15, 0.2) is 0 Å². The molecule has 0 amide bonds. The molecule has 0 aromatic heterocycles. The molecular formula is C10H25N3. The van der Waals surface area contributed by atoms with Crippen LogP contribution < -0.4 is 11.5 Å². The Kier molecular flexibility index (Phi) is 8.40. The van der Waals surface area contributed by atoms with Crippen LogP contribution in [0.1, 0.15) is 26.7 Å². The van der Waals surface area contributed by atoms with Gasteiger partial charge < -0.3 is 16.4 Å². The van der Waals surface area contributed by atoms with Crippen LogP contribution in [0.5, 0.6) is 0 Å². The summed E-state index contributed by atoms with van der Waals surface area (Å²) in [7, 11) is 0. The monoisotopic (exact) mass is 187 g/mol. The number of hydrogen-bond donors (Lipinski definition) is 2. The van der Waals surface area contributed by atoms with E-state index < -0.39 is 0 Å². The van der Waals surface area contributed by atoms with Crippen LogP contribution in [-0.4, -0.2) is 37.6 Å². The maximum Gasteiger partial charge on any atom is 0.0105 e. The van der Waals surface area contributed by atoms with Crippen molar-refractivity contribution in [3.63, 3.8) is 0 Å². The van der Waals surface area contributed by atoms with Gasteiger partial charge in [0.05, 0.1) is 0 Å². The molecule has 1 rings (SSSR count). The van der Waals surface area contributed by atoms with Gasteiger partial charge >= 0.3 is 0 Å². The molecule has 3 heteroatoms. The fraction of sp³-hybridized carbons (Fsp3) is 1.00. The largest absolute Gasteiger partial charge is 0.330 e. The Morgan fingerprint density at radius 3 is 2.08 bits per heavy atom. The van der Waals surface area contributed by atoms with Gasteiger partial charge in [0.2, 0.25) is 0 Å². The van der Waals surface area contributed by atoms with Gasteiger partial charge in [-0.05, 0) is 38.4 Å². The SMILES string of the molecule is CC.NCCN1CCC(CN)CC1. The summed E-state index contributed by atoms with van der Waals surface area (Å²) in [5.41, 5.74) is 11.0. The second kappa shape index (κ2) is 8.48. The van der Waals surface area contributed by atoms with Gasteiger partial charge in [0.25, 0.3) is 0 Å². The molecule has 80 valence electrons. The van der Waals surface area contributed by atoms with Crippen molar-refractivity contribution in [1.82, 2.24) is 4.90 Å². The first-order valence-corrected chi connectivity index (χ1v) is 5.49. The van der Waals surface area contributed by atoms with Crippen molar-refractivity contribution in [2.24, 2.45) is 17.4 Å². The van der Waals surface area contributed by atoms with Crippen molar-refractivity contribution in [3.8, 4) is 0 Å². The van der Waals surface area contributed by atoms with Crippen LogP contribution in [0.3, 0.4) is 0 Å². The molecule has 13 heavy (non-hydrogen) atoms. The van der Waals surface area contributed by atoms with Gasteiger partial charge in [-0.3, -0.25) is 0 Å². The number of rotatable bonds is 3. The van der Waals surface area contributed by atoms with Crippen LogP contribution in [0, 0.1) is 5.92 Å². The average Bonchev–Trinajstić information content (AvgIpc) is 2.23. The minimum Gasteiger partial charge on any atom is -0.330 e. The van der Waals surface area contributed by atoms with Crippen molar-refractivity contribution in [1.29, 1.82) is 0 Å². The number of hydrogen-bond acceptors (Lipinski definition) is 3. The van der Waals surface area contributed by atoms with Crippen LogP contribution >= 0.6 is 0 Å². The highest BCUT2D eigenvalue weighted by molar-refractivity contribution is 4.72. The molecule has 1 heterocycles. The minimum absolute atomic E-state index is 0.768. The number of nitrogens with two attached hydrogens (primary N) is 2. The van der Waals surface area contributed by atoms with E-state index in [2.05, 4.69) is 4.90 Å². The molecule has 0 aromatic rings. The van der Waals surface area contributed by atoms with E-state index in [9.17, 15) is 0 Å². The topological polar surface area (TPSA) is 55.3 Å². The first kappa shape index (κ1) is 12.9. The molecule has 4 N–H and O–H groups in total. The predicted molar refractivity (Wildman–Crippen MR) is 58.6 cm³/mol. The van der Waals surface area contributed by atoms with Gasteiger partial charge in [0.15, 0.2) is 0 Å². The Balaban J connectivity index is 0.000000671. The first-order valence-electron chi connectivity index (χ1n) is 5.49. The fourth-order valence-corrected chi connectivity index (χ4v) is 1.63. The molecule has 3 nitrogen and oxygen atoms in total. The Labute approximate surface area is 82.5 Å². The third-order valence-electron chi connectivity index (χ3n) is 2.49. The third-order valence-corrected chi connectivity index (χ3v) is 2.49. The molecule has 0 aliphatic carbocycles. The van der Waals surface area contributed by atoms with Crippen molar-refractivity contribution >= 4 is 0 Å². The van der Waals surface area contributed by atoms with Crippen molar-refractivity contribution in [2.75, 3.05) is 32.7 Å². The second-order valence-electron chi connectivity index (χ2n) is 3.31. The summed E-state index contributed by atoms with van der Waals surface area (Å²) in [6, 6.07) is 0. The van der Waals surface area contributed by atoms with Gasteiger partial charge in [-0.2, -0.15) is 0 Å². The molecule has 0 unspecified atom stereocenters. The molecule has 1 aliphatic rings. The van der Waals surface area contributed by atoms with Crippen LogP contribution in [0.2, 0.25) is 0 Å². The summed E-state index contributed by atoms with van der Waals surface area (Å²) < 4.78 is 0. The van der Waals surface area contributed by atoms with E-state index in [-0.39, 0.29) is 0 Å². The second-order valence-corrected chi connectivity index (χ2v) is 3.31. The zero-order valence-corrected chi connectivity index (χ0v) is 9.13. The summed E-state index contributed by atoms with van der Waals surface area (Å²) >= 11 is 0. The molecule has 0 saturated carbocycles. The lowest BCUT2D eigenvalue weighted by atomic mass is 9.97. The van der Waals surface area contributed by atoms with Crippen LogP contribution in [-0.2, 0) is 0 Å². The highest BCUT2D eigenvalue weighted by atomic mass is 15.1. The van der Waals surface area contributed by atoms with E-state index >= 15 is 0 Å². The minimum atomic E-state index is 0.768. The van der Waals surface area contributed by atoms with E-state index in [0.717, 1.165) is 25.6 Å². The van der Waals surface area contributed by atoms with Crippen molar-refractivity contribution < 1.29 is 0 Å². The molecule has 0 aromatic carbocycles. The normalized spacial score (nSPS) is 19.4. The molecule has 0 bridgehead atoms. The predicted octanol–water partition coefficient (Wildman–Crippen LogP) is 0.642. The Morgan fingerprint density at radius 2 is 1.69 bits per heavy atom. The summed E-state index contributed by atoms with van der Waals surface area (Å²) in [6.45, 7) is 9.08. The van der Waals surface area contributed by atoms with E-state index in [4.69, 9.17) is 11.5 Å². The molecule has 0 radical (unpaired) electrons. The molecule has 0 spiro atoms. The quantitative estimate of drug-likeness (QED) is 0.682. The lowest BCUT2D eigenvalue weighted by Gasteiger charge is -2.30. The molecule has 0 atom stereocenters.